The van der Waals surface area contributed by atoms with E-state index in [9.17, 15) is 22.8 Å². The minimum absolute atomic E-state index is 0.125. The van der Waals surface area contributed by atoms with E-state index in [0.29, 0.717) is 5.69 Å². The van der Waals surface area contributed by atoms with Gasteiger partial charge in [-0.3, -0.25) is 9.59 Å². The second-order valence-electron chi connectivity index (χ2n) is 5.49. The highest BCUT2D eigenvalue weighted by molar-refractivity contribution is 7.98. The number of halogens is 3. The molecule has 0 aliphatic carbocycles. The van der Waals surface area contributed by atoms with Gasteiger partial charge in [0, 0.05) is 17.5 Å². The quantitative estimate of drug-likeness (QED) is 0.791. The van der Waals surface area contributed by atoms with Crippen molar-refractivity contribution in [2.75, 3.05) is 25.2 Å². The van der Waals surface area contributed by atoms with Crippen LogP contribution in [0.15, 0.2) is 53.4 Å². The van der Waals surface area contributed by atoms with Crippen molar-refractivity contribution in [3.05, 3.63) is 59.7 Å². The number of benzene rings is 2. The van der Waals surface area contributed by atoms with E-state index in [1.54, 1.807) is 12.1 Å². The van der Waals surface area contributed by atoms with Crippen molar-refractivity contribution in [3.8, 4) is 0 Å². The smallest absolute Gasteiger partial charge is 0.332 e. The van der Waals surface area contributed by atoms with E-state index in [1.165, 1.54) is 30.9 Å². The van der Waals surface area contributed by atoms with E-state index in [4.69, 9.17) is 0 Å². The molecule has 0 unspecified atom stereocenters. The summed E-state index contributed by atoms with van der Waals surface area (Å²) in [6.45, 7) is -0.280. The molecule has 0 saturated heterocycles. The highest BCUT2D eigenvalue weighted by Crippen LogP contribution is 2.29. The highest BCUT2D eigenvalue weighted by atomic mass is 32.2. The third-order valence-electron chi connectivity index (χ3n) is 3.55. The van der Waals surface area contributed by atoms with E-state index in [2.05, 4.69) is 5.32 Å². The number of nitrogens with one attached hydrogen (secondary N) is 1. The molecule has 0 aromatic heterocycles. The first-order valence-corrected chi connectivity index (χ1v) is 8.80. The molecule has 4 nitrogen and oxygen atoms in total. The highest BCUT2D eigenvalue weighted by Gasteiger charge is 2.31. The summed E-state index contributed by atoms with van der Waals surface area (Å²) in [5.74, 6) is -1.10. The minimum atomic E-state index is -4.53. The average molecular weight is 382 g/mol. The number of amides is 2. The normalized spacial score (nSPS) is 11.1. The van der Waals surface area contributed by atoms with Crippen LogP contribution >= 0.6 is 11.8 Å². The lowest BCUT2D eigenvalue weighted by Gasteiger charge is -2.18. The molecule has 0 atom stereocenters. The molecule has 0 radical (unpaired) electrons. The maximum Gasteiger partial charge on any atom is 0.416 e. The van der Waals surface area contributed by atoms with Gasteiger partial charge in [0.2, 0.25) is 5.91 Å². The molecule has 2 rings (SSSR count). The fourth-order valence-corrected chi connectivity index (χ4v) is 2.83. The number of thioether (sulfide) groups is 1. The second kappa shape index (κ2) is 8.27. The molecule has 1 N–H and O–H groups in total. The maximum atomic E-state index is 12.8. The number of para-hydroxylation sites is 1. The Morgan fingerprint density at radius 3 is 2.46 bits per heavy atom. The van der Waals surface area contributed by atoms with Gasteiger partial charge in [-0.25, -0.2) is 0 Å². The fourth-order valence-electron chi connectivity index (χ4n) is 2.27. The number of carbonyl (C=O) groups excluding carboxylic acids is 2. The van der Waals surface area contributed by atoms with Crippen molar-refractivity contribution in [1.29, 1.82) is 0 Å². The van der Waals surface area contributed by atoms with Gasteiger partial charge >= 0.3 is 6.18 Å². The Balaban J connectivity index is 2.06. The van der Waals surface area contributed by atoms with Gasteiger partial charge in [0.15, 0.2) is 0 Å². The Morgan fingerprint density at radius 2 is 1.81 bits per heavy atom. The minimum Gasteiger partial charge on any atom is -0.332 e. The zero-order chi connectivity index (χ0) is 19.3. The molecule has 2 aromatic carbocycles. The summed E-state index contributed by atoms with van der Waals surface area (Å²) in [5, 5.41) is 2.70. The van der Waals surface area contributed by atoms with E-state index >= 15 is 0 Å². The van der Waals surface area contributed by atoms with Crippen LogP contribution in [0.1, 0.15) is 15.9 Å². The zero-order valence-corrected chi connectivity index (χ0v) is 14.9. The first kappa shape index (κ1) is 19.8. The molecule has 138 valence electrons. The van der Waals surface area contributed by atoms with Gasteiger partial charge in [-0.2, -0.15) is 13.2 Å². The Morgan fingerprint density at radius 1 is 1.12 bits per heavy atom. The SMILES string of the molecule is CSc1ccccc1NC(=O)CN(C)C(=O)c1cccc(C(F)(F)F)c1. The molecule has 8 heteroatoms. The monoisotopic (exact) mass is 382 g/mol. The van der Waals surface area contributed by atoms with E-state index in [1.807, 2.05) is 18.4 Å². The third-order valence-corrected chi connectivity index (χ3v) is 4.34. The molecule has 0 fully saturated rings. The number of likely N-dealkylation sites (N-methyl/N-ethyl adjacent to an activating group) is 1. The van der Waals surface area contributed by atoms with Gasteiger partial charge in [0.1, 0.15) is 0 Å². The number of hydrogen-bond acceptors (Lipinski definition) is 3. The van der Waals surface area contributed by atoms with Crippen molar-refractivity contribution in [2.24, 2.45) is 0 Å². The van der Waals surface area contributed by atoms with Crippen LogP contribution in [0.4, 0.5) is 18.9 Å². The number of anilines is 1. The van der Waals surface area contributed by atoms with Crippen LogP contribution in [0.3, 0.4) is 0 Å². The lowest BCUT2D eigenvalue weighted by molar-refractivity contribution is -0.137. The van der Waals surface area contributed by atoms with Gasteiger partial charge in [0.05, 0.1) is 17.8 Å². The van der Waals surface area contributed by atoms with E-state index in [-0.39, 0.29) is 12.1 Å². The van der Waals surface area contributed by atoms with Crippen LogP contribution in [-0.4, -0.2) is 36.6 Å². The van der Waals surface area contributed by atoms with Crippen molar-refractivity contribution in [1.82, 2.24) is 4.90 Å². The summed E-state index contributed by atoms with van der Waals surface area (Å²) in [5.41, 5.74) is -0.417. The summed E-state index contributed by atoms with van der Waals surface area (Å²) in [6, 6.07) is 11.3. The molecule has 0 aliphatic heterocycles. The van der Waals surface area contributed by atoms with Crippen molar-refractivity contribution < 1.29 is 22.8 Å². The molecular weight excluding hydrogens is 365 g/mol. The zero-order valence-electron chi connectivity index (χ0n) is 14.1. The molecule has 0 heterocycles. The molecule has 0 spiro atoms. The Bertz CT molecular complexity index is 809. The number of rotatable bonds is 5. The third kappa shape index (κ3) is 5.01. The number of carbonyl (C=O) groups is 2. The van der Waals surface area contributed by atoms with Gasteiger partial charge in [-0.15, -0.1) is 11.8 Å². The van der Waals surface area contributed by atoms with Crippen LogP contribution in [0.2, 0.25) is 0 Å². The second-order valence-corrected chi connectivity index (χ2v) is 6.34. The predicted octanol–water partition coefficient (Wildman–Crippen LogP) is 4.14. The van der Waals surface area contributed by atoms with Gasteiger partial charge in [-0.05, 0) is 36.6 Å². The van der Waals surface area contributed by atoms with Gasteiger partial charge < -0.3 is 10.2 Å². The Hall–Kier alpha value is -2.48. The van der Waals surface area contributed by atoms with E-state index in [0.717, 1.165) is 21.9 Å². The molecule has 0 aliphatic rings. The van der Waals surface area contributed by atoms with Gasteiger partial charge in [-0.1, -0.05) is 18.2 Å². The van der Waals surface area contributed by atoms with Gasteiger partial charge in [0.25, 0.3) is 5.91 Å². The predicted molar refractivity (Wildman–Crippen MR) is 95.3 cm³/mol. The fraction of sp³-hybridized carbons (Fsp3) is 0.222. The molecule has 0 bridgehead atoms. The molecule has 26 heavy (non-hydrogen) atoms. The molecule has 2 aromatic rings. The number of nitrogens with zero attached hydrogens (tertiary/aromatic N) is 1. The number of hydrogen-bond donors (Lipinski definition) is 1. The summed E-state index contributed by atoms with van der Waals surface area (Å²) < 4.78 is 38.3. The lowest BCUT2D eigenvalue weighted by atomic mass is 10.1. The van der Waals surface area contributed by atoms with Crippen molar-refractivity contribution in [2.45, 2.75) is 11.1 Å². The standard InChI is InChI=1S/C18H17F3N2O2S/c1-23(11-16(24)22-14-8-3-4-9-15(14)26-2)17(25)12-6-5-7-13(10-12)18(19,20)21/h3-10H,11H2,1-2H3,(H,22,24). The molecular formula is C18H17F3N2O2S. The summed E-state index contributed by atoms with van der Waals surface area (Å²) in [6.07, 6.45) is -2.66. The Kier molecular flexibility index (Phi) is 6.31. The summed E-state index contributed by atoms with van der Waals surface area (Å²) in [4.78, 5) is 26.4. The molecule has 2 amide bonds. The first-order valence-electron chi connectivity index (χ1n) is 7.58. The largest absolute Gasteiger partial charge is 0.416 e. The summed E-state index contributed by atoms with van der Waals surface area (Å²) in [7, 11) is 1.36. The van der Waals surface area contributed by atoms with Crippen molar-refractivity contribution in [3.63, 3.8) is 0 Å². The molecule has 0 saturated carbocycles. The van der Waals surface area contributed by atoms with Crippen LogP contribution < -0.4 is 5.32 Å². The summed E-state index contributed by atoms with van der Waals surface area (Å²) >= 11 is 1.46. The van der Waals surface area contributed by atoms with Crippen LogP contribution in [0.5, 0.6) is 0 Å². The number of alkyl halides is 3. The van der Waals surface area contributed by atoms with Crippen LogP contribution in [0, 0.1) is 0 Å². The Labute approximate surface area is 153 Å². The topological polar surface area (TPSA) is 49.4 Å². The van der Waals surface area contributed by atoms with E-state index < -0.39 is 23.6 Å². The average Bonchev–Trinajstić information content (AvgIpc) is 2.60. The first-order chi connectivity index (χ1) is 12.2. The van der Waals surface area contributed by atoms with Crippen LogP contribution in [0.25, 0.3) is 0 Å². The van der Waals surface area contributed by atoms with Crippen molar-refractivity contribution >= 4 is 29.3 Å². The van der Waals surface area contributed by atoms with Crippen LogP contribution in [-0.2, 0) is 11.0 Å². The lowest BCUT2D eigenvalue weighted by Crippen LogP contribution is -2.35. The maximum absolute atomic E-state index is 12.8.